The second-order valence-electron chi connectivity index (χ2n) is 7.94. The number of thioether (sulfide) groups is 1. The summed E-state index contributed by atoms with van der Waals surface area (Å²) in [7, 11) is 0. The number of carbonyl (C=O) groups excluding carboxylic acids is 2. The monoisotopic (exact) mass is 424 g/mol. The number of rotatable bonds is 5. The maximum Gasteiger partial charge on any atom is 0.307 e. The highest BCUT2D eigenvalue weighted by Crippen LogP contribution is 2.40. The molecular formula is C21H28O7S. The third kappa shape index (κ3) is 5.74. The largest absolute Gasteiger partial charge is 0.474 e. The Balaban J connectivity index is 2.49. The number of ether oxygens (including phenoxy) is 3. The van der Waals surface area contributed by atoms with Crippen molar-refractivity contribution >= 4 is 23.7 Å². The average molecular weight is 425 g/mol. The summed E-state index contributed by atoms with van der Waals surface area (Å²) in [5.74, 6) is -1.44. The molecule has 160 valence electrons. The standard InChI is InChI=1S/C21H28O7S/c1-11-7-8-14(21(4,5)6)9-16(11)29-20-19(27-13(3)24)17(25)18(26-12(2)23)15(10-22)28-20/h7-9,15,17-18,22,25H,10H2,1-6H3/t15?,17?,18-/m1/s1. The molecule has 0 bridgehead atoms. The number of benzene rings is 1. The first-order valence-electron chi connectivity index (χ1n) is 9.28. The van der Waals surface area contributed by atoms with Crippen molar-refractivity contribution in [3.8, 4) is 0 Å². The van der Waals surface area contributed by atoms with Crippen LogP contribution in [0.15, 0.2) is 33.9 Å². The topological polar surface area (TPSA) is 102 Å². The molecule has 0 fully saturated rings. The van der Waals surface area contributed by atoms with E-state index in [0.29, 0.717) is 0 Å². The fourth-order valence-electron chi connectivity index (χ4n) is 2.82. The van der Waals surface area contributed by atoms with Gasteiger partial charge in [-0.25, -0.2) is 0 Å². The van der Waals surface area contributed by atoms with Crippen LogP contribution in [-0.2, 0) is 29.2 Å². The van der Waals surface area contributed by atoms with Crippen molar-refractivity contribution in [3.05, 3.63) is 40.2 Å². The number of hydrogen-bond donors (Lipinski definition) is 2. The number of aliphatic hydroxyl groups is 2. The van der Waals surface area contributed by atoms with Crippen molar-refractivity contribution < 1.29 is 34.0 Å². The number of aliphatic hydroxyl groups excluding tert-OH is 2. The Kier molecular flexibility index (Phi) is 7.37. The van der Waals surface area contributed by atoms with Crippen molar-refractivity contribution in [3.63, 3.8) is 0 Å². The predicted octanol–water partition coefficient (Wildman–Crippen LogP) is 2.80. The van der Waals surface area contributed by atoms with E-state index >= 15 is 0 Å². The van der Waals surface area contributed by atoms with Crippen molar-refractivity contribution in [1.29, 1.82) is 0 Å². The minimum atomic E-state index is -1.46. The Morgan fingerprint density at radius 1 is 1.21 bits per heavy atom. The predicted molar refractivity (Wildman–Crippen MR) is 108 cm³/mol. The van der Waals surface area contributed by atoms with E-state index < -0.39 is 36.9 Å². The van der Waals surface area contributed by atoms with Crippen LogP contribution in [0.2, 0.25) is 0 Å². The molecule has 0 spiro atoms. The summed E-state index contributed by atoms with van der Waals surface area (Å²) in [4.78, 5) is 23.8. The van der Waals surface area contributed by atoms with Gasteiger partial charge in [0.1, 0.15) is 0 Å². The van der Waals surface area contributed by atoms with Gasteiger partial charge in [0.15, 0.2) is 29.2 Å². The fourth-order valence-corrected chi connectivity index (χ4v) is 3.87. The Morgan fingerprint density at radius 2 is 1.86 bits per heavy atom. The fraction of sp³-hybridized carbons (Fsp3) is 0.524. The molecule has 2 N–H and O–H groups in total. The van der Waals surface area contributed by atoms with Crippen LogP contribution in [0, 0.1) is 6.92 Å². The first-order valence-corrected chi connectivity index (χ1v) is 10.1. The third-order valence-corrected chi connectivity index (χ3v) is 5.54. The van der Waals surface area contributed by atoms with Gasteiger partial charge in [0.25, 0.3) is 0 Å². The van der Waals surface area contributed by atoms with Gasteiger partial charge in [-0.1, -0.05) is 32.9 Å². The molecule has 1 aliphatic heterocycles. The maximum atomic E-state index is 11.6. The summed E-state index contributed by atoms with van der Waals surface area (Å²) in [5, 5.41) is 20.5. The van der Waals surface area contributed by atoms with E-state index in [9.17, 15) is 19.8 Å². The number of hydrogen-bond acceptors (Lipinski definition) is 8. The Labute approximate surface area is 175 Å². The van der Waals surface area contributed by atoms with Gasteiger partial charge in [0.05, 0.1) is 6.61 Å². The van der Waals surface area contributed by atoms with Gasteiger partial charge in [-0.05, 0) is 41.3 Å². The molecule has 0 aromatic heterocycles. The van der Waals surface area contributed by atoms with Gasteiger partial charge in [-0.3, -0.25) is 9.59 Å². The van der Waals surface area contributed by atoms with Crippen LogP contribution in [-0.4, -0.2) is 47.1 Å². The molecule has 0 saturated heterocycles. The maximum absolute atomic E-state index is 11.6. The van der Waals surface area contributed by atoms with E-state index in [4.69, 9.17) is 14.2 Å². The molecule has 2 unspecified atom stereocenters. The lowest BCUT2D eigenvalue weighted by atomic mass is 9.87. The van der Waals surface area contributed by atoms with E-state index in [1.165, 1.54) is 25.6 Å². The molecule has 1 aliphatic rings. The highest BCUT2D eigenvalue weighted by molar-refractivity contribution is 8.03. The van der Waals surface area contributed by atoms with Crippen molar-refractivity contribution in [2.45, 2.75) is 70.2 Å². The molecular weight excluding hydrogens is 396 g/mol. The molecule has 1 heterocycles. The summed E-state index contributed by atoms with van der Waals surface area (Å²) in [6.45, 7) is 10.1. The lowest BCUT2D eigenvalue weighted by Gasteiger charge is -2.36. The summed E-state index contributed by atoms with van der Waals surface area (Å²) < 4.78 is 16.1. The second-order valence-corrected chi connectivity index (χ2v) is 8.95. The zero-order valence-corrected chi connectivity index (χ0v) is 18.3. The lowest BCUT2D eigenvalue weighted by Crippen LogP contribution is -2.49. The quantitative estimate of drug-likeness (QED) is 0.696. The van der Waals surface area contributed by atoms with E-state index in [1.807, 2.05) is 25.1 Å². The lowest BCUT2D eigenvalue weighted by molar-refractivity contribution is -0.172. The Morgan fingerprint density at radius 3 is 2.38 bits per heavy atom. The van der Waals surface area contributed by atoms with Crippen LogP contribution in [0.3, 0.4) is 0 Å². The highest BCUT2D eigenvalue weighted by atomic mass is 32.2. The molecule has 0 aliphatic carbocycles. The van der Waals surface area contributed by atoms with Crippen molar-refractivity contribution in [1.82, 2.24) is 0 Å². The first kappa shape index (κ1) is 23.3. The zero-order chi connectivity index (χ0) is 21.9. The average Bonchev–Trinajstić information content (AvgIpc) is 2.60. The Bertz CT molecular complexity index is 810. The van der Waals surface area contributed by atoms with Gasteiger partial charge in [-0.15, -0.1) is 0 Å². The molecule has 1 aromatic rings. The molecule has 29 heavy (non-hydrogen) atoms. The summed E-state index contributed by atoms with van der Waals surface area (Å²) in [6.07, 6.45) is -3.65. The number of esters is 2. The number of aryl methyl sites for hydroxylation is 1. The van der Waals surface area contributed by atoms with Crippen LogP contribution in [0.5, 0.6) is 0 Å². The summed E-state index contributed by atoms with van der Waals surface area (Å²) >= 11 is 1.18. The van der Waals surface area contributed by atoms with Crippen LogP contribution in [0.4, 0.5) is 0 Å². The molecule has 0 amide bonds. The van der Waals surface area contributed by atoms with E-state index in [-0.39, 0.29) is 16.3 Å². The Hall–Kier alpha value is -2.03. The van der Waals surface area contributed by atoms with E-state index in [0.717, 1.165) is 16.0 Å². The molecule has 0 radical (unpaired) electrons. The second kappa shape index (κ2) is 9.19. The smallest absolute Gasteiger partial charge is 0.307 e. The van der Waals surface area contributed by atoms with Crippen molar-refractivity contribution in [2.75, 3.05) is 6.61 Å². The zero-order valence-electron chi connectivity index (χ0n) is 17.5. The van der Waals surface area contributed by atoms with Gasteiger partial charge < -0.3 is 24.4 Å². The molecule has 0 saturated carbocycles. The van der Waals surface area contributed by atoms with Crippen LogP contribution in [0.1, 0.15) is 45.7 Å². The molecule has 3 atom stereocenters. The highest BCUT2D eigenvalue weighted by Gasteiger charge is 2.43. The van der Waals surface area contributed by atoms with E-state index in [2.05, 4.69) is 20.8 Å². The minimum absolute atomic E-state index is 0.0723. The van der Waals surface area contributed by atoms with Gasteiger partial charge in [0, 0.05) is 18.7 Å². The van der Waals surface area contributed by atoms with Crippen LogP contribution >= 0.6 is 11.8 Å². The number of carbonyl (C=O) groups is 2. The molecule has 1 aromatic carbocycles. The minimum Gasteiger partial charge on any atom is -0.474 e. The summed E-state index contributed by atoms with van der Waals surface area (Å²) in [6, 6.07) is 6.05. The van der Waals surface area contributed by atoms with Crippen molar-refractivity contribution in [2.24, 2.45) is 0 Å². The van der Waals surface area contributed by atoms with Gasteiger partial charge >= 0.3 is 11.9 Å². The third-order valence-electron chi connectivity index (χ3n) is 4.40. The van der Waals surface area contributed by atoms with E-state index in [1.54, 1.807) is 0 Å². The van der Waals surface area contributed by atoms with Crippen LogP contribution in [0.25, 0.3) is 0 Å². The van der Waals surface area contributed by atoms with Gasteiger partial charge in [-0.2, -0.15) is 0 Å². The first-order chi connectivity index (χ1) is 13.4. The van der Waals surface area contributed by atoms with Crippen LogP contribution < -0.4 is 0 Å². The van der Waals surface area contributed by atoms with Gasteiger partial charge in [0.2, 0.25) is 0 Å². The summed E-state index contributed by atoms with van der Waals surface area (Å²) in [5.41, 5.74) is 2.00. The molecule has 8 heteroatoms. The molecule has 7 nitrogen and oxygen atoms in total. The normalized spacial score (nSPS) is 22.1. The molecule has 2 rings (SSSR count). The SMILES string of the molecule is CC(=O)OC1=C(Sc2cc(C(C)(C)C)ccc2C)OC(CO)[C@@H](OC(C)=O)C1O.